The number of benzene rings is 1. The van der Waals surface area contributed by atoms with Crippen molar-refractivity contribution in [2.45, 2.75) is 25.8 Å². The first-order valence-corrected chi connectivity index (χ1v) is 11.6. The average molecular weight is 465 g/mol. The van der Waals surface area contributed by atoms with E-state index in [1.165, 1.54) is 0 Å². The number of piperidine rings is 1. The normalized spacial score (nSPS) is 19.5. The second kappa shape index (κ2) is 8.98. The number of ether oxygens (including phenoxy) is 2. The number of fused-ring (bicyclic) bond motifs is 5. The quantitative estimate of drug-likeness (QED) is 0.543. The molecule has 9 heteroatoms. The molecule has 2 bridgehead atoms. The lowest BCUT2D eigenvalue weighted by Gasteiger charge is -2.42. The van der Waals surface area contributed by atoms with E-state index in [1.54, 1.807) is 38.3 Å². The number of nitrogens with one attached hydrogen (secondary N) is 2. The minimum atomic E-state index is -0.525. The fourth-order valence-electron chi connectivity index (χ4n) is 5.29. The number of methoxy groups -OCH3 is 1. The molecule has 0 aliphatic carbocycles. The van der Waals surface area contributed by atoms with Crippen LogP contribution in [0, 0.1) is 5.92 Å². The molecule has 2 aliphatic rings. The molecule has 178 valence electrons. The highest BCUT2D eigenvalue weighted by Crippen LogP contribution is 2.35. The SMILES string of the molecule is CCOC(=O)c1[nH]c2ccc(OC)cc2c1NC(=O)CN1C[C@@H]2C[C@H](C1)c1cccc(=O)n1C2. The zero-order valence-electron chi connectivity index (χ0n) is 19.3. The van der Waals surface area contributed by atoms with Gasteiger partial charge in [-0.25, -0.2) is 4.79 Å². The Labute approximate surface area is 196 Å². The summed E-state index contributed by atoms with van der Waals surface area (Å²) in [5.41, 5.74) is 2.39. The number of esters is 1. The van der Waals surface area contributed by atoms with Gasteiger partial charge in [0.25, 0.3) is 5.56 Å². The third-order valence-electron chi connectivity index (χ3n) is 6.67. The summed E-state index contributed by atoms with van der Waals surface area (Å²) in [4.78, 5) is 43.1. The summed E-state index contributed by atoms with van der Waals surface area (Å²) in [7, 11) is 1.57. The summed E-state index contributed by atoms with van der Waals surface area (Å²) >= 11 is 0. The van der Waals surface area contributed by atoms with Crippen molar-refractivity contribution in [3.05, 3.63) is 58.1 Å². The lowest BCUT2D eigenvalue weighted by molar-refractivity contribution is -0.117. The maximum atomic E-state index is 13.1. The van der Waals surface area contributed by atoms with Crippen LogP contribution in [0.15, 0.2) is 41.2 Å². The number of hydrogen-bond acceptors (Lipinski definition) is 6. The molecule has 34 heavy (non-hydrogen) atoms. The number of pyridine rings is 1. The number of anilines is 1. The van der Waals surface area contributed by atoms with Crippen molar-refractivity contribution in [3.8, 4) is 5.75 Å². The first kappa shape index (κ1) is 22.2. The van der Waals surface area contributed by atoms with Gasteiger partial charge in [0.1, 0.15) is 11.4 Å². The van der Waals surface area contributed by atoms with Crippen molar-refractivity contribution in [3.63, 3.8) is 0 Å². The van der Waals surface area contributed by atoms with Crippen molar-refractivity contribution in [1.29, 1.82) is 0 Å². The molecule has 2 N–H and O–H groups in total. The van der Waals surface area contributed by atoms with Crippen LogP contribution in [0.5, 0.6) is 5.75 Å². The van der Waals surface area contributed by atoms with Crippen molar-refractivity contribution in [2.24, 2.45) is 5.92 Å². The fourth-order valence-corrected chi connectivity index (χ4v) is 5.29. The highest BCUT2D eigenvalue weighted by Gasteiger charge is 2.35. The second-order valence-electron chi connectivity index (χ2n) is 8.95. The Morgan fingerprint density at radius 1 is 1.18 bits per heavy atom. The number of likely N-dealkylation sites (tertiary alicyclic amines) is 1. The molecule has 2 atom stereocenters. The van der Waals surface area contributed by atoms with E-state index < -0.39 is 5.97 Å². The van der Waals surface area contributed by atoms with Crippen LogP contribution >= 0.6 is 0 Å². The van der Waals surface area contributed by atoms with E-state index in [9.17, 15) is 14.4 Å². The van der Waals surface area contributed by atoms with Gasteiger partial charge in [-0.1, -0.05) is 6.07 Å². The Morgan fingerprint density at radius 3 is 2.82 bits per heavy atom. The number of rotatable bonds is 6. The molecule has 4 heterocycles. The smallest absolute Gasteiger partial charge is 0.356 e. The van der Waals surface area contributed by atoms with E-state index in [0.29, 0.717) is 41.3 Å². The van der Waals surface area contributed by atoms with Crippen LogP contribution < -0.4 is 15.6 Å². The number of amides is 1. The molecule has 1 fully saturated rings. The van der Waals surface area contributed by atoms with Gasteiger partial charge in [0, 0.05) is 48.2 Å². The zero-order valence-corrected chi connectivity index (χ0v) is 19.3. The predicted octanol–water partition coefficient (Wildman–Crippen LogP) is 2.57. The van der Waals surface area contributed by atoms with Gasteiger partial charge < -0.3 is 24.3 Å². The Balaban J connectivity index is 1.37. The minimum Gasteiger partial charge on any atom is -0.497 e. The van der Waals surface area contributed by atoms with Gasteiger partial charge in [-0.2, -0.15) is 0 Å². The molecule has 1 amide bonds. The average Bonchev–Trinajstić information content (AvgIpc) is 3.17. The van der Waals surface area contributed by atoms with Gasteiger partial charge in [0.15, 0.2) is 0 Å². The highest BCUT2D eigenvalue weighted by molar-refractivity contribution is 6.11. The first-order valence-electron chi connectivity index (χ1n) is 11.6. The standard InChI is InChI=1S/C25H28N4O5/c1-3-34-25(32)24-23(18-10-17(33-2)7-8-19(18)26-24)27-21(30)14-28-11-15-9-16(13-28)20-5-4-6-22(31)29(20)12-15/h4-8,10,15-16,26H,3,9,11-14H2,1-2H3,(H,27,30)/t15-,16+/m0/s1. The number of carbonyl (C=O) groups is 2. The molecular weight excluding hydrogens is 436 g/mol. The van der Waals surface area contributed by atoms with E-state index in [-0.39, 0.29) is 36.2 Å². The summed E-state index contributed by atoms with van der Waals surface area (Å²) in [6, 6.07) is 10.8. The molecule has 0 saturated carbocycles. The van der Waals surface area contributed by atoms with Crippen molar-refractivity contribution >= 4 is 28.5 Å². The number of aromatic amines is 1. The number of carbonyl (C=O) groups excluding carboxylic acids is 2. The number of nitrogens with zero attached hydrogens (tertiary/aromatic N) is 2. The molecule has 1 aromatic carbocycles. The largest absolute Gasteiger partial charge is 0.497 e. The summed E-state index contributed by atoms with van der Waals surface area (Å²) in [5.74, 6) is 0.436. The van der Waals surface area contributed by atoms with E-state index >= 15 is 0 Å². The van der Waals surface area contributed by atoms with Crippen molar-refractivity contribution < 1.29 is 19.1 Å². The van der Waals surface area contributed by atoms with Gasteiger partial charge in [-0.15, -0.1) is 0 Å². The van der Waals surface area contributed by atoms with Crippen LogP contribution in [-0.2, 0) is 16.1 Å². The molecule has 2 aromatic heterocycles. The monoisotopic (exact) mass is 464 g/mol. The maximum Gasteiger partial charge on any atom is 0.356 e. The number of H-pyrrole nitrogens is 1. The van der Waals surface area contributed by atoms with Crippen LogP contribution in [0.25, 0.3) is 10.9 Å². The molecular formula is C25H28N4O5. The third-order valence-corrected chi connectivity index (χ3v) is 6.67. The Bertz CT molecular complexity index is 1310. The maximum absolute atomic E-state index is 13.1. The van der Waals surface area contributed by atoms with Crippen molar-refractivity contribution in [2.75, 3.05) is 38.7 Å². The molecule has 5 rings (SSSR count). The molecule has 3 aromatic rings. The van der Waals surface area contributed by atoms with Crippen LogP contribution in [0.2, 0.25) is 0 Å². The van der Waals surface area contributed by atoms with Crippen LogP contribution in [-0.4, -0.2) is 59.7 Å². The predicted molar refractivity (Wildman–Crippen MR) is 127 cm³/mol. The lowest BCUT2D eigenvalue weighted by Crippen LogP contribution is -2.49. The molecule has 0 radical (unpaired) electrons. The minimum absolute atomic E-state index is 0.0413. The molecule has 1 saturated heterocycles. The Kier molecular flexibility index (Phi) is 5.87. The van der Waals surface area contributed by atoms with Crippen LogP contribution in [0.1, 0.15) is 35.4 Å². The van der Waals surface area contributed by atoms with Gasteiger partial charge in [-0.05, 0) is 43.5 Å². The van der Waals surface area contributed by atoms with E-state index in [2.05, 4.69) is 15.2 Å². The second-order valence-corrected chi connectivity index (χ2v) is 8.95. The molecule has 9 nitrogen and oxygen atoms in total. The lowest BCUT2D eigenvalue weighted by atomic mass is 9.83. The van der Waals surface area contributed by atoms with Gasteiger partial charge in [-0.3, -0.25) is 14.5 Å². The first-order chi connectivity index (χ1) is 16.5. The molecule has 0 spiro atoms. The summed E-state index contributed by atoms with van der Waals surface area (Å²) < 4.78 is 12.4. The summed E-state index contributed by atoms with van der Waals surface area (Å²) in [6.07, 6.45) is 1.02. The summed E-state index contributed by atoms with van der Waals surface area (Å²) in [6.45, 7) is 4.30. The summed E-state index contributed by atoms with van der Waals surface area (Å²) in [5, 5.41) is 3.62. The fraction of sp³-hybridized carbons (Fsp3) is 0.400. The van der Waals surface area contributed by atoms with Crippen LogP contribution in [0.4, 0.5) is 5.69 Å². The van der Waals surface area contributed by atoms with E-state index in [1.807, 2.05) is 16.7 Å². The third kappa shape index (κ3) is 4.07. The Morgan fingerprint density at radius 2 is 2.03 bits per heavy atom. The zero-order chi connectivity index (χ0) is 23.8. The Hall–Kier alpha value is -3.59. The van der Waals surface area contributed by atoms with Crippen LogP contribution in [0.3, 0.4) is 0 Å². The van der Waals surface area contributed by atoms with E-state index in [4.69, 9.17) is 9.47 Å². The number of aromatic nitrogens is 2. The van der Waals surface area contributed by atoms with E-state index in [0.717, 1.165) is 18.7 Å². The molecule has 2 aliphatic heterocycles. The van der Waals surface area contributed by atoms with Gasteiger partial charge in [0.05, 0.1) is 25.9 Å². The van der Waals surface area contributed by atoms with Gasteiger partial charge in [0.2, 0.25) is 5.91 Å². The topological polar surface area (TPSA) is 106 Å². The highest BCUT2D eigenvalue weighted by atomic mass is 16.5. The molecule has 0 unspecified atom stereocenters. The number of hydrogen-bond donors (Lipinski definition) is 2. The van der Waals surface area contributed by atoms with Gasteiger partial charge >= 0.3 is 5.97 Å². The van der Waals surface area contributed by atoms with Crippen molar-refractivity contribution in [1.82, 2.24) is 14.5 Å².